The maximum Gasteiger partial charge on any atom is 0.269 e. The number of carbonyl (C=O) groups excluding carboxylic acids is 2. The van der Waals surface area contributed by atoms with Crippen molar-refractivity contribution in [3.63, 3.8) is 0 Å². The van der Waals surface area contributed by atoms with Crippen molar-refractivity contribution in [1.29, 1.82) is 0 Å². The number of ether oxygens (including phenoxy) is 2. The van der Waals surface area contributed by atoms with Crippen LogP contribution >= 0.6 is 11.3 Å². The summed E-state index contributed by atoms with van der Waals surface area (Å²) >= 11 is 1.46. The summed E-state index contributed by atoms with van der Waals surface area (Å²) in [6, 6.07) is 11.9. The zero-order valence-corrected chi connectivity index (χ0v) is 17.1. The Morgan fingerprint density at radius 3 is 2.66 bits per heavy atom. The van der Waals surface area contributed by atoms with Crippen molar-refractivity contribution in [2.24, 2.45) is 0 Å². The Bertz CT molecular complexity index is 988. The van der Waals surface area contributed by atoms with Gasteiger partial charge in [0.1, 0.15) is 6.04 Å². The largest absolute Gasteiger partial charge is 0.493 e. The van der Waals surface area contributed by atoms with Crippen LogP contribution < -0.4 is 25.6 Å². The third-order valence-corrected chi connectivity index (χ3v) is 5.02. The number of anilines is 1. The molecule has 2 aromatic carbocycles. The van der Waals surface area contributed by atoms with Crippen LogP contribution in [-0.2, 0) is 4.79 Å². The lowest BCUT2D eigenvalue weighted by molar-refractivity contribution is -0.122. The summed E-state index contributed by atoms with van der Waals surface area (Å²) in [5, 5.41) is 3.68. The zero-order chi connectivity index (χ0) is 20.8. The van der Waals surface area contributed by atoms with E-state index in [0.29, 0.717) is 28.8 Å². The average molecular weight is 414 g/mol. The van der Waals surface area contributed by atoms with E-state index in [2.05, 4.69) is 21.2 Å². The van der Waals surface area contributed by atoms with Crippen LogP contribution in [0.5, 0.6) is 11.5 Å². The highest BCUT2D eigenvalue weighted by atomic mass is 32.1. The van der Waals surface area contributed by atoms with E-state index in [1.165, 1.54) is 18.4 Å². The summed E-state index contributed by atoms with van der Waals surface area (Å²) in [6.45, 7) is 4.03. The van der Waals surface area contributed by atoms with Crippen molar-refractivity contribution >= 4 is 38.5 Å². The molecule has 0 fully saturated rings. The van der Waals surface area contributed by atoms with Gasteiger partial charge in [0, 0.05) is 5.56 Å². The number of nitrogens with zero attached hydrogens (tertiary/aromatic N) is 1. The molecule has 0 aliphatic rings. The molecule has 0 radical (unpaired) electrons. The van der Waals surface area contributed by atoms with Crippen molar-refractivity contribution in [2.45, 2.75) is 19.9 Å². The molecule has 2 amide bonds. The Hall–Kier alpha value is -3.33. The Kier molecular flexibility index (Phi) is 6.50. The maximum absolute atomic E-state index is 12.3. The van der Waals surface area contributed by atoms with Crippen molar-refractivity contribution < 1.29 is 19.1 Å². The number of benzene rings is 2. The molecule has 0 unspecified atom stereocenters. The van der Waals surface area contributed by atoms with Gasteiger partial charge in [0.05, 0.1) is 23.9 Å². The van der Waals surface area contributed by atoms with E-state index < -0.39 is 17.9 Å². The minimum Gasteiger partial charge on any atom is -0.493 e. The first-order valence-electron chi connectivity index (χ1n) is 9.05. The Morgan fingerprint density at radius 1 is 1.14 bits per heavy atom. The lowest BCUT2D eigenvalue weighted by Crippen LogP contribution is -2.47. The standard InChI is InChI=1S/C20H22N4O4S/c1-4-28-15-10-9-13(11-16(15)27-3)19(26)24-23-18(25)12(2)21-20-22-14-7-5-6-8-17(14)29-20/h5-12H,4H2,1-3H3,(H,21,22)(H,23,25)(H,24,26)/t12-/m1/s1. The Labute approximate surface area is 172 Å². The lowest BCUT2D eigenvalue weighted by atomic mass is 10.2. The number of hydrazine groups is 1. The Morgan fingerprint density at radius 2 is 1.93 bits per heavy atom. The van der Waals surface area contributed by atoms with Crippen LogP contribution in [0.25, 0.3) is 10.2 Å². The van der Waals surface area contributed by atoms with Gasteiger partial charge in [0.25, 0.3) is 11.8 Å². The molecule has 1 atom stereocenters. The topological polar surface area (TPSA) is 102 Å². The van der Waals surface area contributed by atoms with E-state index in [-0.39, 0.29) is 0 Å². The smallest absolute Gasteiger partial charge is 0.269 e. The highest BCUT2D eigenvalue weighted by molar-refractivity contribution is 7.22. The highest BCUT2D eigenvalue weighted by Gasteiger charge is 2.17. The summed E-state index contributed by atoms with van der Waals surface area (Å²) < 4.78 is 11.7. The van der Waals surface area contributed by atoms with Gasteiger partial charge in [-0.05, 0) is 44.2 Å². The van der Waals surface area contributed by atoms with Crippen molar-refractivity contribution in [2.75, 3.05) is 19.0 Å². The second-order valence-electron chi connectivity index (χ2n) is 6.09. The van der Waals surface area contributed by atoms with Gasteiger partial charge in [-0.2, -0.15) is 0 Å². The molecule has 3 rings (SSSR count). The van der Waals surface area contributed by atoms with E-state index in [4.69, 9.17) is 9.47 Å². The molecule has 0 spiro atoms. The fraction of sp³-hybridized carbons (Fsp3) is 0.250. The molecule has 8 nitrogen and oxygen atoms in total. The predicted octanol–water partition coefficient (Wildman–Crippen LogP) is 2.97. The number of amides is 2. The highest BCUT2D eigenvalue weighted by Crippen LogP contribution is 2.28. The third kappa shape index (κ3) is 4.94. The van der Waals surface area contributed by atoms with Crippen LogP contribution in [0.3, 0.4) is 0 Å². The van der Waals surface area contributed by atoms with Gasteiger partial charge < -0.3 is 14.8 Å². The van der Waals surface area contributed by atoms with Crippen molar-refractivity contribution in [3.05, 3.63) is 48.0 Å². The first-order valence-corrected chi connectivity index (χ1v) is 9.86. The second kappa shape index (κ2) is 9.24. The predicted molar refractivity (Wildman–Crippen MR) is 112 cm³/mol. The molecule has 0 saturated carbocycles. The first kappa shape index (κ1) is 20.4. The molecule has 9 heteroatoms. The zero-order valence-electron chi connectivity index (χ0n) is 16.3. The first-order chi connectivity index (χ1) is 14.0. The maximum atomic E-state index is 12.3. The van der Waals surface area contributed by atoms with Gasteiger partial charge in [0.2, 0.25) is 0 Å². The number of rotatable bonds is 7. The van der Waals surface area contributed by atoms with Gasteiger partial charge in [-0.1, -0.05) is 23.5 Å². The van der Waals surface area contributed by atoms with Crippen LogP contribution in [0, 0.1) is 0 Å². The number of hydrogen-bond acceptors (Lipinski definition) is 7. The molecule has 29 heavy (non-hydrogen) atoms. The molecule has 0 bridgehead atoms. The number of para-hydroxylation sites is 1. The van der Waals surface area contributed by atoms with Crippen LogP contribution in [0.4, 0.5) is 5.13 Å². The van der Waals surface area contributed by atoms with E-state index in [0.717, 1.165) is 10.2 Å². The molecule has 0 aliphatic heterocycles. The second-order valence-corrected chi connectivity index (χ2v) is 7.13. The van der Waals surface area contributed by atoms with Gasteiger partial charge in [-0.15, -0.1) is 0 Å². The fourth-order valence-corrected chi connectivity index (χ4v) is 3.52. The molecular formula is C20H22N4O4S. The molecule has 1 heterocycles. The van der Waals surface area contributed by atoms with Crippen LogP contribution in [0.15, 0.2) is 42.5 Å². The number of nitrogens with one attached hydrogen (secondary N) is 3. The molecule has 0 aliphatic carbocycles. The van der Waals surface area contributed by atoms with E-state index >= 15 is 0 Å². The molecular weight excluding hydrogens is 392 g/mol. The van der Waals surface area contributed by atoms with Gasteiger partial charge in [-0.25, -0.2) is 4.98 Å². The number of aromatic nitrogens is 1. The summed E-state index contributed by atoms with van der Waals surface area (Å²) in [4.78, 5) is 29.1. The van der Waals surface area contributed by atoms with Gasteiger partial charge in [-0.3, -0.25) is 20.4 Å². The molecule has 152 valence electrons. The monoisotopic (exact) mass is 414 g/mol. The third-order valence-electron chi connectivity index (χ3n) is 4.05. The average Bonchev–Trinajstić information content (AvgIpc) is 3.14. The number of methoxy groups -OCH3 is 1. The van der Waals surface area contributed by atoms with Crippen LogP contribution in [0.2, 0.25) is 0 Å². The normalized spacial score (nSPS) is 11.6. The van der Waals surface area contributed by atoms with Crippen molar-refractivity contribution in [1.82, 2.24) is 15.8 Å². The number of fused-ring (bicyclic) bond motifs is 1. The summed E-state index contributed by atoms with van der Waals surface area (Å²) in [5.41, 5.74) is 6.02. The number of carbonyl (C=O) groups is 2. The summed E-state index contributed by atoms with van der Waals surface area (Å²) in [6.07, 6.45) is 0. The minimum atomic E-state index is -0.592. The lowest BCUT2D eigenvalue weighted by Gasteiger charge is -2.14. The molecule has 3 aromatic rings. The van der Waals surface area contributed by atoms with Crippen molar-refractivity contribution in [3.8, 4) is 11.5 Å². The fourth-order valence-electron chi connectivity index (χ4n) is 2.57. The molecule has 1 aromatic heterocycles. The SMILES string of the molecule is CCOc1ccc(C(=O)NNC(=O)[C@@H](C)Nc2nc3ccccc3s2)cc1OC. The number of hydrogen-bond donors (Lipinski definition) is 3. The van der Waals surface area contributed by atoms with E-state index in [1.54, 1.807) is 25.1 Å². The van der Waals surface area contributed by atoms with Crippen LogP contribution in [-0.4, -0.2) is 36.6 Å². The summed E-state index contributed by atoms with van der Waals surface area (Å²) in [7, 11) is 1.50. The van der Waals surface area contributed by atoms with Crippen LogP contribution in [0.1, 0.15) is 24.2 Å². The van der Waals surface area contributed by atoms with E-state index in [9.17, 15) is 9.59 Å². The van der Waals surface area contributed by atoms with Gasteiger partial charge >= 0.3 is 0 Å². The molecule has 0 saturated heterocycles. The quantitative estimate of drug-likeness (QED) is 0.514. The summed E-state index contributed by atoms with van der Waals surface area (Å²) in [5.74, 6) is 0.128. The van der Waals surface area contributed by atoms with E-state index in [1.807, 2.05) is 31.2 Å². The molecule has 3 N–H and O–H groups in total. The Balaban J connectivity index is 1.57. The van der Waals surface area contributed by atoms with Gasteiger partial charge in [0.15, 0.2) is 16.6 Å². The minimum absolute atomic E-state index is 0.331. The number of thiazole rings is 1.